The number of thiazole rings is 1. The number of amides is 1. The lowest BCUT2D eigenvalue weighted by Gasteiger charge is -2.21. The van der Waals surface area contributed by atoms with Crippen LogP contribution in [0.25, 0.3) is 10.2 Å². The minimum absolute atomic E-state index is 0. The highest BCUT2D eigenvalue weighted by Gasteiger charge is 2.21. The van der Waals surface area contributed by atoms with Crippen LogP contribution in [0.2, 0.25) is 4.34 Å². The van der Waals surface area contributed by atoms with Crippen LogP contribution in [0.15, 0.2) is 34.8 Å². The molecule has 3 rings (SSSR count). The van der Waals surface area contributed by atoms with Gasteiger partial charge in [-0.25, -0.2) is 4.98 Å². The molecule has 0 bridgehead atoms. The summed E-state index contributed by atoms with van der Waals surface area (Å²) in [6, 6.07) is 9.70. The monoisotopic (exact) mass is 493 g/mol. The third-order valence-electron chi connectivity index (χ3n) is 3.60. The summed E-state index contributed by atoms with van der Waals surface area (Å²) in [5, 5.41) is 0.739. The van der Waals surface area contributed by atoms with Gasteiger partial charge in [0.25, 0.3) is 0 Å². The maximum atomic E-state index is 12.9. The van der Waals surface area contributed by atoms with E-state index in [9.17, 15) is 4.79 Å². The van der Waals surface area contributed by atoms with Crippen LogP contribution in [-0.4, -0.2) is 43.0 Å². The van der Waals surface area contributed by atoms with Crippen molar-refractivity contribution in [2.24, 2.45) is 0 Å². The number of thiophene rings is 1. The van der Waals surface area contributed by atoms with Crippen LogP contribution < -0.4 is 4.90 Å². The molecule has 1 aromatic carbocycles. The average Bonchev–Trinajstić information content (AvgIpc) is 3.12. The Morgan fingerprint density at radius 2 is 1.96 bits per heavy atom. The normalized spacial score (nSPS) is 11.0. The summed E-state index contributed by atoms with van der Waals surface area (Å²) in [6.07, 6.45) is 0.338. The molecule has 0 saturated heterocycles. The van der Waals surface area contributed by atoms with E-state index in [4.69, 9.17) is 11.6 Å². The standard InChI is InChI=1S/C17H17BrClN3OS2.ClH/c1-21(2)7-8-22(16(23)10-12-4-6-15(19)24-12)17-20-13-5-3-11(18)9-14(13)25-17;/h3-6,9H,7-8,10H2,1-2H3;1H. The summed E-state index contributed by atoms with van der Waals surface area (Å²) < 4.78 is 2.77. The largest absolute Gasteiger partial charge is 0.308 e. The Hall–Kier alpha value is -0.700. The zero-order valence-electron chi connectivity index (χ0n) is 14.2. The summed E-state index contributed by atoms with van der Waals surface area (Å²) in [4.78, 5) is 22.4. The number of nitrogens with zero attached hydrogens (tertiary/aromatic N) is 3. The van der Waals surface area contributed by atoms with Crippen molar-refractivity contribution in [3.05, 3.63) is 44.0 Å². The molecule has 0 unspecified atom stereocenters. The van der Waals surface area contributed by atoms with Crippen molar-refractivity contribution in [2.45, 2.75) is 6.42 Å². The zero-order valence-corrected chi connectivity index (χ0v) is 19.0. The molecule has 0 saturated carbocycles. The summed E-state index contributed by atoms with van der Waals surface area (Å²) >= 11 is 12.5. The van der Waals surface area contributed by atoms with Crippen LogP contribution in [-0.2, 0) is 11.2 Å². The Balaban J connectivity index is 0.00000243. The molecule has 0 aliphatic carbocycles. The minimum Gasteiger partial charge on any atom is -0.308 e. The minimum atomic E-state index is 0. The molecule has 0 radical (unpaired) electrons. The van der Waals surface area contributed by atoms with E-state index in [0.29, 0.717) is 17.3 Å². The molecule has 0 aliphatic rings. The first-order chi connectivity index (χ1) is 11.9. The van der Waals surface area contributed by atoms with Crippen LogP contribution in [0.3, 0.4) is 0 Å². The Kier molecular flexibility index (Phi) is 7.88. The van der Waals surface area contributed by atoms with Crippen LogP contribution in [0.5, 0.6) is 0 Å². The Labute approximate surface area is 180 Å². The number of halogens is 3. The summed E-state index contributed by atoms with van der Waals surface area (Å²) in [6.45, 7) is 1.38. The van der Waals surface area contributed by atoms with Gasteiger partial charge in [-0.1, -0.05) is 38.9 Å². The van der Waals surface area contributed by atoms with Gasteiger partial charge in [-0.3, -0.25) is 9.69 Å². The first-order valence-corrected chi connectivity index (χ1v) is 10.5. The lowest BCUT2D eigenvalue weighted by atomic mass is 10.3. The van der Waals surface area contributed by atoms with E-state index in [2.05, 4.69) is 25.8 Å². The van der Waals surface area contributed by atoms with E-state index in [1.54, 1.807) is 4.90 Å². The van der Waals surface area contributed by atoms with Gasteiger partial charge in [-0.05, 0) is 44.4 Å². The molecule has 2 aromatic heterocycles. The molecular formula is C17H18BrCl2N3OS2. The van der Waals surface area contributed by atoms with E-state index < -0.39 is 0 Å². The summed E-state index contributed by atoms with van der Waals surface area (Å²) in [5.74, 6) is 0.0403. The number of carbonyl (C=O) groups excluding carboxylic acids is 1. The molecule has 0 spiro atoms. The molecule has 1 amide bonds. The molecule has 0 fully saturated rings. The van der Waals surface area contributed by atoms with Gasteiger partial charge in [0.15, 0.2) is 5.13 Å². The maximum absolute atomic E-state index is 12.9. The lowest BCUT2D eigenvalue weighted by molar-refractivity contribution is -0.118. The topological polar surface area (TPSA) is 36.4 Å². The van der Waals surface area contributed by atoms with Crippen molar-refractivity contribution in [3.63, 3.8) is 0 Å². The van der Waals surface area contributed by atoms with E-state index in [0.717, 1.165) is 31.2 Å². The molecule has 0 atom stereocenters. The first kappa shape index (κ1) is 21.6. The second-order valence-electron chi connectivity index (χ2n) is 5.84. The van der Waals surface area contributed by atoms with Crippen molar-refractivity contribution >= 4 is 83.9 Å². The number of aromatic nitrogens is 1. The van der Waals surface area contributed by atoms with Gasteiger partial charge < -0.3 is 4.90 Å². The fourth-order valence-electron chi connectivity index (χ4n) is 2.32. The van der Waals surface area contributed by atoms with Crippen molar-refractivity contribution in [3.8, 4) is 0 Å². The second kappa shape index (κ2) is 9.48. The molecule has 26 heavy (non-hydrogen) atoms. The third-order valence-corrected chi connectivity index (χ3v) is 6.36. The SMILES string of the molecule is CN(C)CCN(C(=O)Cc1ccc(Cl)s1)c1nc2ccc(Br)cc2s1.Cl. The number of hydrogen-bond donors (Lipinski definition) is 0. The molecule has 3 aromatic rings. The number of likely N-dealkylation sites (N-methyl/N-ethyl adjacent to an activating group) is 1. The molecule has 9 heteroatoms. The van der Waals surface area contributed by atoms with E-state index >= 15 is 0 Å². The van der Waals surface area contributed by atoms with Crippen LogP contribution in [0.4, 0.5) is 5.13 Å². The molecule has 0 N–H and O–H groups in total. The zero-order chi connectivity index (χ0) is 18.0. The quantitative estimate of drug-likeness (QED) is 0.464. The maximum Gasteiger partial charge on any atom is 0.234 e. The van der Waals surface area contributed by atoms with Gasteiger partial charge in [0, 0.05) is 22.4 Å². The number of benzene rings is 1. The van der Waals surface area contributed by atoms with Crippen LogP contribution in [0, 0.1) is 0 Å². The average molecular weight is 495 g/mol. The first-order valence-electron chi connectivity index (χ1n) is 7.68. The van der Waals surface area contributed by atoms with Crippen LogP contribution in [0.1, 0.15) is 4.88 Å². The number of carbonyl (C=O) groups is 1. The van der Waals surface area contributed by atoms with Gasteiger partial charge in [0.05, 0.1) is 21.0 Å². The fourth-order valence-corrected chi connectivity index (χ4v) is 4.96. The summed E-state index contributed by atoms with van der Waals surface area (Å²) in [7, 11) is 3.99. The number of anilines is 1. The smallest absolute Gasteiger partial charge is 0.234 e. The Morgan fingerprint density at radius 1 is 1.19 bits per heavy atom. The van der Waals surface area contributed by atoms with Crippen molar-refractivity contribution in [2.75, 3.05) is 32.1 Å². The van der Waals surface area contributed by atoms with Gasteiger partial charge in [0.2, 0.25) is 5.91 Å². The third kappa shape index (κ3) is 5.41. The van der Waals surface area contributed by atoms with E-state index in [1.165, 1.54) is 22.7 Å². The van der Waals surface area contributed by atoms with E-state index in [1.807, 2.05) is 44.4 Å². The molecule has 4 nitrogen and oxygen atoms in total. The van der Waals surface area contributed by atoms with Crippen molar-refractivity contribution in [1.82, 2.24) is 9.88 Å². The predicted octanol–water partition coefficient (Wildman–Crippen LogP) is 5.33. The summed E-state index contributed by atoms with van der Waals surface area (Å²) in [5.41, 5.74) is 0.907. The van der Waals surface area contributed by atoms with Crippen molar-refractivity contribution < 1.29 is 4.79 Å². The highest BCUT2D eigenvalue weighted by atomic mass is 79.9. The van der Waals surface area contributed by atoms with E-state index in [-0.39, 0.29) is 18.3 Å². The highest BCUT2D eigenvalue weighted by Crippen LogP contribution is 2.31. The second-order valence-corrected chi connectivity index (χ2v) is 9.56. The molecular weight excluding hydrogens is 477 g/mol. The molecule has 2 heterocycles. The van der Waals surface area contributed by atoms with Gasteiger partial charge >= 0.3 is 0 Å². The number of fused-ring (bicyclic) bond motifs is 1. The predicted molar refractivity (Wildman–Crippen MR) is 119 cm³/mol. The van der Waals surface area contributed by atoms with Gasteiger partial charge in [-0.2, -0.15) is 0 Å². The Morgan fingerprint density at radius 3 is 2.62 bits per heavy atom. The van der Waals surface area contributed by atoms with Crippen molar-refractivity contribution in [1.29, 1.82) is 0 Å². The van der Waals surface area contributed by atoms with Crippen LogP contribution >= 0.6 is 62.6 Å². The highest BCUT2D eigenvalue weighted by molar-refractivity contribution is 9.10. The van der Waals surface area contributed by atoms with Gasteiger partial charge in [-0.15, -0.1) is 23.7 Å². The molecule has 140 valence electrons. The fraction of sp³-hybridized carbons (Fsp3) is 0.294. The number of rotatable bonds is 6. The van der Waals surface area contributed by atoms with Gasteiger partial charge in [0.1, 0.15) is 0 Å². The number of hydrogen-bond acceptors (Lipinski definition) is 5. The molecule has 0 aliphatic heterocycles. The lowest BCUT2D eigenvalue weighted by Crippen LogP contribution is -2.37. The Bertz CT molecular complexity index is 897.